The van der Waals surface area contributed by atoms with Gasteiger partial charge in [-0.2, -0.15) is 0 Å². The zero-order chi connectivity index (χ0) is 10.2. The van der Waals surface area contributed by atoms with Crippen LogP contribution >= 0.6 is 0 Å². The number of hydrogen-bond donors (Lipinski definition) is 0. The SMILES string of the molecule is CC1=CC(C2(C(C)C)CCCC2)=CC1. The van der Waals surface area contributed by atoms with Gasteiger partial charge in [0.2, 0.25) is 0 Å². The van der Waals surface area contributed by atoms with E-state index in [1.807, 2.05) is 0 Å². The van der Waals surface area contributed by atoms with Crippen molar-refractivity contribution < 1.29 is 0 Å². The Kier molecular flexibility index (Phi) is 2.55. The molecule has 0 heteroatoms. The van der Waals surface area contributed by atoms with Gasteiger partial charge < -0.3 is 0 Å². The Morgan fingerprint density at radius 3 is 2.29 bits per heavy atom. The van der Waals surface area contributed by atoms with E-state index in [0.717, 1.165) is 5.92 Å². The maximum Gasteiger partial charge on any atom is -0.00271 e. The van der Waals surface area contributed by atoms with Crippen molar-refractivity contribution in [1.82, 2.24) is 0 Å². The molecule has 0 heterocycles. The Morgan fingerprint density at radius 1 is 1.21 bits per heavy atom. The molecule has 78 valence electrons. The lowest BCUT2D eigenvalue weighted by Gasteiger charge is -2.34. The maximum atomic E-state index is 2.47. The van der Waals surface area contributed by atoms with Crippen LogP contribution in [0.15, 0.2) is 23.3 Å². The number of rotatable bonds is 2. The fourth-order valence-electron chi connectivity index (χ4n) is 3.21. The van der Waals surface area contributed by atoms with Gasteiger partial charge in [-0.3, -0.25) is 0 Å². The summed E-state index contributed by atoms with van der Waals surface area (Å²) in [5.41, 5.74) is 3.74. The average molecular weight is 190 g/mol. The third-order valence-electron chi connectivity index (χ3n) is 4.22. The first-order valence-corrected chi connectivity index (χ1v) is 6.03. The predicted molar refractivity (Wildman–Crippen MR) is 62.2 cm³/mol. The Hall–Kier alpha value is -0.520. The Balaban J connectivity index is 2.28. The molecule has 0 bridgehead atoms. The molecule has 0 atom stereocenters. The van der Waals surface area contributed by atoms with E-state index in [4.69, 9.17) is 0 Å². The molecule has 0 aromatic rings. The van der Waals surface area contributed by atoms with Crippen molar-refractivity contribution in [1.29, 1.82) is 0 Å². The van der Waals surface area contributed by atoms with Gasteiger partial charge in [-0.05, 0) is 43.1 Å². The van der Waals surface area contributed by atoms with Gasteiger partial charge in [-0.15, -0.1) is 0 Å². The van der Waals surface area contributed by atoms with Crippen LogP contribution in [-0.2, 0) is 0 Å². The summed E-state index contributed by atoms with van der Waals surface area (Å²) in [6.45, 7) is 7.05. The molecule has 1 saturated carbocycles. The van der Waals surface area contributed by atoms with Crippen molar-refractivity contribution in [2.24, 2.45) is 11.3 Å². The quantitative estimate of drug-likeness (QED) is 0.602. The molecular formula is C14H22. The molecule has 0 nitrogen and oxygen atoms in total. The first kappa shape index (κ1) is 10.0. The summed E-state index contributed by atoms with van der Waals surface area (Å²) in [7, 11) is 0. The highest BCUT2D eigenvalue weighted by atomic mass is 14.4. The van der Waals surface area contributed by atoms with E-state index in [1.54, 1.807) is 11.1 Å². The molecule has 0 radical (unpaired) electrons. The van der Waals surface area contributed by atoms with Crippen LogP contribution in [0.5, 0.6) is 0 Å². The molecule has 0 N–H and O–H groups in total. The standard InChI is InChI=1S/C14H22/c1-11(2)14(8-4-5-9-14)13-7-6-12(3)10-13/h7,10-11H,4-6,8-9H2,1-3H3. The third kappa shape index (κ3) is 1.45. The minimum absolute atomic E-state index is 0.539. The third-order valence-corrected chi connectivity index (χ3v) is 4.22. The smallest absolute Gasteiger partial charge is 0.00271 e. The van der Waals surface area contributed by atoms with Crippen molar-refractivity contribution in [2.75, 3.05) is 0 Å². The van der Waals surface area contributed by atoms with Gasteiger partial charge in [0.15, 0.2) is 0 Å². The van der Waals surface area contributed by atoms with Gasteiger partial charge in [0.1, 0.15) is 0 Å². The van der Waals surface area contributed by atoms with E-state index in [9.17, 15) is 0 Å². The first-order valence-electron chi connectivity index (χ1n) is 6.03. The number of hydrogen-bond acceptors (Lipinski definition) is 0. The summed E-state index contributed by atoms with van der Waals surface area (Å²) in [5, 5.41) is 0. The highest BCUT2D eigenvalue weighted by Gasteiger charge is 2.39. The molecule has 0 aliphatic heterocycles. The van der Waals surface area contributed by atoms with E-state index in [-0.39, 0.29) is 0 Å². The Bertz CT molecular complexity index is 272. The molecule has 0 saturated heterocycles. The van der Waals surface area contributed by atoms with Gasteiger partial charge in [0.25, 0.3) is 0 Å². The lowest BCUT2D eigenvalue weighted by molar-refractivity contribution is 0.260. The van der Waals surface area contributed by atoms with Gasteiger partial charge in [-0.1, -0.05) is 44.4 Å². The second kappa shape index (κ2) is 3.56. The Morgan fingerprint density at radius 2 is 1.86 bits per heavy atom. The van der Waals surface area contributed by atoms with Gasteiger partial charge >= 0.3 is 0 Å². The van der Waals surface area contributed by atoms with Crippen LogP contribution in [0.25, 0.3) is 0 Å². The van der Waals surface area contributed by atoms with Crippen molar-refractivity contribution in [2.45, 2.75) is 52.9 Å². The second-order valence-electron chi connectivity index (χ2n) is 5.37. The van der Waals surface area contributed by atoms with Crippen molar-refractivity contribution in [3.63, 3.8) is 0 Å². The largest absolute Gasteiger partial charge is 0.0767 e. The van der Waals surface area contributed by atoms with Crippen LogP contribution < -0.4 is 0 Å². The van der Waals surface area contributed by atoms with E-state index >= 15 is 0 Å². The zero-order valence-electron chi connectivity index (χ0n) is 9.77. The maximum absolute atomic E-state index is 2.47. The molecule has 0 aromatic heterocycles. The highest BCUT2D eigenvalue weighted by Crippen LogP contribution is 2.51. The van der Waals surface area contributed by atoms with Gasteiger partial charge in [0, 0.05) is 0 Å². The van der Waals surface area contributed by atoms with Crippen LogP contribution in [0, 0.1) is 11.3 Å². The summed E-state index contributed by atoms with van der Waals surface area (Å²) < 4.78 is 0. The van der Waals surface area contributed by atoms with E-state index in [2.05, 4.69) is 32.9 Å². The summed E-state index contributed by atoms with van der Waals surface area (Å²) in [6, 6.07) is 0. The van der Waals surface area contributed by atoms with Crippen LogP contribution in [-0.4, -0.2) is 0 Å². The highest BCUT2D eigenvalue weighted by molar-refractivity contribution is 5.37. The lowest BCUT2D eigenvalue weighted by atomic mass is 9.70. The monoisotopic (exact) mass is 190 g/mol. The molecular weight excluding hydrogens is 168 g/mol. The van der Waals surface area contributed by atoms with E-state index in [0.29, 0.717) is 5.41 Å². The first-order chi connectivity index (χ1) is 6.65. The predicted octanol–water partition coefficient (Wildman–Crippen LogP) is 4.48. The fourth-order valence-corrected chi connectivity index (χ4v) is 3.21. The Labute approximate surface area is 88.1 Å². The van der Waals surface area contributed by atoms with E-state index < -0.39 is 0 Å². The van der Waals surface area contributed by atoms with Crippen LogP contribution in [0.4, 0.5) is 0 Å². The minimum atomic E-state index is 0.539. The summed E-state index contributed by atoms with van der Waals surface area (Å²) in [6.07, 6.45) is 11.8. The molecule has 2 aliphatic rings. The van der Waals surface area contributed by atoms with Crippen molar-refractivity contribution in [3.05, 3.63) is 23.3 Å². The molecule has 0 spiro atoms. The molecule has 14 heavy (non-hydrogen) atoms. The molecule has 2 aliphatic carbocycles. The van der Waals surface area contributed by atoms with Crippen LogP contribution in [0.2, 0.25) is 0 Å². The van der Waals surface area contributed by atoms with Gasteiger partial charge in [-0.25, -0.2) is 0 Å². The second-order valence-corrected chi connectivity index (χ2v) is 5.37. The normalized spacial score (nSPS) is 25.4. The zero-order valence-corrected chi connectivity index (χ0v) is 9.77. The van der Waals surface area contributed by atoms with Crippen LogP contribution in [0.1, 0.15) is 52.9 Å². The van der Waals surface area contributed by atoms with Crippen molar-refractivity contribution >= 4 is 0 Å². The molecule has 2 rings (SSSR count). The summed E-state index contributed by atoms with van der Waals surface area (Å²) in [5.74, 6) is 0.804. The summed E-state index contributed by atoms with van der Waals surface area (Å²) in [4.78, 5) is 0. The fraction of sp³-hybridized carbons (Fsp3) is 0.714. The van der Waals surface area contributed by atoms with Crippen LogP contribution in [0.3, 0.4) is 0 Å². The molecule has 0 amide bonds. The molecule has 1 fully saturated rings. The lowest BCUT2D eigenvalue weighted by Crippen LogP contribution is -2.25. The topological polar surface area (TPSA) is 0 Å². The molecule has 0 unspecified atom stereocenters. The van der Waals surface area contributed by atoms with E-state index in [1.165, 1.54) is 32.1 Å². The average Bonchev–Trinajstić information content (AvgIpc) is 2.71. The molecule has 0 aromatic carbocycles. The number of allylic oxidation sites excluding steroid dienone is 4. The summed E-state index contributed by atoms with van der Waals surface area (Å²) >= 11 is 0. The minimum Gasteiger partial charge on any atom is -0.0767 e. The van der Waals surface area contributed by atoms with Crippen molar-refractivity contribution in [3.8, 4) is 0 Å². The van der Waals surface area contributed by atoms with Gasteiger partial charge in [0.05, 0.1) is 0 Å².